The van der Waals surface area contributed by atoms with Gasteiger partial charge in [0.2, 0.25) is 0 Å². The van der Waals surface area contributed by atoms with Crippen LogP contribution in [-0.4, -0.2) is 15.0 Å². The van der Waals surface area contributed by atoms with E-state index in [0.29, 0.717) is 11.0 Å². The molecule has 1 aliphatic rings. The molecule has 21 heavy (non-hydrogen) atoms. The van der Waals surface area contributed by atoms with Crippen molar-refractivity contribution in [2.45, 2.75) is 25.7 Å². The first kappa shape index (κ1) is 12.4. The molecule has 2 aromatic heterocycles. The van der Waals surface area contributed by atoms with Crippen molar-refractivity contribution in [2.24, 2.45) is 5.92 Å². The van der Waals surface area contributed by atoms with Gasteiger partial charge in [0, 0.05) is 11.8 Å². The van der Waals surface area contributed by atoms with Crippen LogP contribution >= 0.6 is 0 Å². The van der Waals surface area contributed by atoms with Crippen LogP contribution in [0, 0.1) is 5.92 Å². The van der Waals surface area contributed by atoms with Gasteiger partial charge in [-0.2, -0.15) is 0 Å². The van der Waals surface area contributed by atoms with E-state index < -0.39 is 0 Å². The lowest BCUT2D eigenvalue weighted by Gasteiger charge is -2.25. The molecule has 0 bridgehead atoms. The Hall–Kier alpha value is -2.36. The van der Waals surface area contributed by atoms with Crippen LogP contribution in [0.4, 0.5) is 0 Å². The molecular formula is C17H17N3O. The van der Waals surface area contributed by atoms with E-state index in [-0.39, 0.29) is 5.56 Å². The Balaban J connectivity index is 1.70. The first-order valence-corrected chi connectivity index (χ1v) is 7.45. The molecule has 0 aliphatic heterocycles. The summed E-state index contributed by atoms with van der Waals surface area (Å²) in [7, 11) is 0. The number of rotatable bonds is 3. The average Bonchev–Trinajstić information content (AvgIpc) is 2.89. The molecule has 4 nitrogen and oxygen atoms in total. The summed E-state index contributed by atoms with van der Waals surface area (Å²) in [4.78, 5) is 21.8. The summed E-state index contributed by atoms with van der Waals surface area (Å²) < 4.78 is 0. The maximum atomic E-state index is 12.0. The zero-order valence-electron chi connectivity index (χ0n) is 11.7. The summed E-state index contributed by atoms with van der Waals surface area (Å²) in [6.45, 7) is 0. The van der Waals surface area contributed by atoms with Gasteiger partial charge in [0.15, 0.2) is 0 Å². The van der Waals surface area contributed by atoms with E-state index in [1.165, 1.54) is 37.6 Å². The van der Waals surface area contributed by atoms with Crippen molar-refractivity contribution >= 4 is 11.0 Å². The van der Waals surface area contributed by atoms with Gasteiger partial charge in [0.1, 0.15) is 5.65 Å². The van der Waals surface area contributed by atoms with Crippen LogP contribution in [-0.2, 0) is 6.42 Å². The van der Waals surface area contributed by atoms with Crippen LogP contribution in [0.1, 0.15) is 24.8 Å². The van der Waals surface area contributed by atoms with E-state index in [1.807, 2.05) is 6.20 Å². The SMILES string of the molecule is O=c1[nH]cnc2[nH]cc(-c3ccc(CC4CCC4)cc3)c12. The summed E-state index contributed by atoms with van der Waals surface area (Å²) in [6.07, 6.45) is 8.57. The Morgan fingerprint density at radius 3 is 2.67 bits per heavy atom. The summed E-state index contributed by atoms with van der Waals surface area (Å²) in [5, 5.41) is 0.629. The number of aromatic nitrogens is 3. The van der Waals surface area contributed by atoms with E-state index in [9.17, 15) is 4.79 Å². The van der Waals surface area contributed by atoms with Crippen LogP contribution in [0.5, 0.6) is 0 Å². The topological polar surface area (TPSA) is 61.5 Å². The highest BCUT2D eigenvalue weighted by atomic mass is 16.1. The van der Waals surface area contributed by atoms with Gasteiger partial charge >= 0.3 is 0 Å². The summed E-state index contributed by atoms with van der Waals surface area (Å²) in [6, 6.07) is 8.56. The van der Waals surface area contributed by atoms with Gasteiger partial charge in [-0.1, -0.05) is 43.5 Å². The van der Waals surface area contributed by atoms with Crippen LogP contribution < -0.4 is 5.56 Å². The highest BCUT2D eigenvalue weighted by molar-refractivity contribution is 5.92. The Morgan fingerprint density at radius 1 is 1.14 bits per heavy atom. The maximum absolute atomic E-state index is 12.0. The number of nitrogens with zero attached hydrogens (tertiary/aromatic N) is 1. The van der Waals surface area contributed by atoms with Crippen LogP contribution in [0.2, 0.25) is 0 Å². The van der Waals surface area contributed by atoms with Gasteiger partial charge in [-0.15, -0.1) is 0 Å². The van der Waals surface area contributed by atoms with Crippen molar-refractivity contribution in [3.63, 3.8) is 0 Å². The van der Waals surface area contributed by atoms with Gasteiger partial charge in [-0.3, -0.25) is 4.79 Å². The minimum absolute atomic E-state index is 0.102. The fourth-order valence-corrected chi connectivity index (χ4v) is 3.05. The normalized spacial score (nSPS) is 15.2. The van der Waals surface area contributed by atoms with E-state index in [1.54, 1.807) is 0 Å². The molecule has 4 rings (SSSR count). The maximum Gasteiger partial charge on any atom is 0.260 e. The van der Waals surface area contributed by atoms with Crippen molar-refractivity contribution in [3.05, 3.63) is 52.7 Å². The number of aromatic amines is 2. The molecule has 0 saturated heterocycles. The molecule has 1 aliphatic carbocycles. The fourth-order valence-electron chi connectivity index (χ4n) is 3.05. The molecule has 3 aromatic rings. The van der Waals surface area contributed by atoms with Gasteiger partial charge in [0.05, 0.1) is 11.7 Å². The number of H-pyrrole nitrogens is 2. The van der Waals surface area contributed by atoms with Gasteiger partial charge in [-0.25, -0.2) is 4.98 Å². The Kier molecular flexibility index (Phi) is 2.88. The van der Waals surface area contributed by atoms with Crippen molar-refractivity contribution in [1.82, 2.24) is 15.0 Å². The van der Waals surface area contributed by atoms with Crippen LogP contribution in [0.15, 0.2) is 41.6 Å². The van der Waals surface area contributed by atoms with Crippen molar-refractivity contribution in [2.75, 3.05) is 0 Å². The molecule has 106 valence electrons. The number of fused-ring (bicyclic) bond motifs is 1. The lowest BCUT2D eigenvalue weighted by atomic mass is 9.81. The van der Waals surface area contributed by atoms with Gasteiger partial charge in [0.25, 0.3) is 5.56 Å². The van der Waals surface area contributed by atoms with Gasteiger partial charge in [-0.05, 0) is 23.5 Å². The molecular weight excluding hydrogens is 262 g/mol. The standard InChI is InChI=1S/C17H17N3O/c21-17-15-14(9-18-16(15)19-10-20-17)13-6-4-12(5-7-13)8-11-2-1-3-11/h4-7,9-11H,1-3,8H2,(H2,18,19,20,21). The smallest absolute Gasteiger partial charge is 0.260 e. The molecule has 1 saturated carbocycles. The van der Waals surface area contributed by atoms with E-state index in [4.69, 9.17) is 0 Å². The lowest BCUT2D eigenvalue weighted by molar-refractivity contribution is 0.314. The zero-order valence-corrected chi connectivity index (χ0v) is 11.7. The predicted octanol–water partition coefficient (Wildman–Crippen LogP) is 3.26. The quantitative estimate of drug-likeness (QED) is 0.773. The molecule has 2 heterocycles. The Labute approximate surface area is 122 Å². The largest absolute Gasteiger partial charge is 0.345 e. The summed E-state index contributed by atoms with van der Waals surface area (Å²) >= 11 is 0. The highest BCUT2D eigenvalue weighted by Crippen LogP contribution is 2.31. The molecule has 0 spiro atoms. The van der Waals surface area contributed by atoms with Crippen molar-refractivity contribution in [3.8, 4) is 11.1 Å². The first-order chi connectivity index (χ1) is 10.3. The molecule has 4 heteroatoms. The number of hydrogen-bond acceptors (Lipinski definition) is 2. The zero-order chi connectivity index (χ0) is 14.2. The second kappa shape index (κ2) is 4.88. The Bertz CT molecular complexity index is 825. The predicted molar refractivity (Wildman–Crippen MR) is 83.2 cm³/mol. The first-order valence-electron chi connectivity index (χ1n) is 7.45. The summed E-state index contributed by atoms with van der Waals surface area (Å²) in [5.74, 6) is 0.871. The Morgan fingerprint density at radius 2 is 1.95 bits per heavy atom. The second-order valence-corrected chi connectivity index (χ2v) is 5.86. The third-order valence-corrected chi connectivity index (χ3v) is 4.49. The van der Waals surface area contributed by atoms with Crippen molar-refractivity contribution < 1.29 is 0 Å². The second-order valence-electron chi connectivity index (χ2n) is 5.86. The highest BCUT2D eigenvalue weighted by Gasteiger charge is 2.17. The molecule has 1 aromatic carbocycles. The monoisotopic (exact) mass is 279 g/mol. The van der Waals surface area contributed by atoms with Gasteiger partial charge < -0.3 is 9.97 Å². The van der Waals surface area contributed by atoms with E-state index >= 15 is 0 Å². The molecule has 1 fully saturated rings. The third-order valence-electron chi connectivity index (χ3n) is 4.49. The number of nitrogens with one attached hydrogen (secondary N) is 2. The minimum atomic E-state index is -0.102. The number of benzene rings is 1. The molecule has 0 atom stereocenters. The van der Waals surface area contributed by atoms with Crippen molar-refractivity contribution in [1.29, 1.82) is 0 Å². The average molecular weight is 279 g/mol. The fraction of sp³-hybridized carbons (Fsp3) is 0.294. The van der Waals surface area contributed by atoms with Crippen LogP contribution in [0.3, 0.4) is 0 Å². The molecule has 0 radical (unpaired) electrons. The van der Waals surface area contributed by atoms with Crippen LogP contribution in [0.25, 0.3) is 22.2 Å². The molecule has 0 unspecified atom stereocenters. The lowest BCUT2D eigenvalue weighted by Crippen LogP contribution is -2.13. The minimum Gasteiger partial charge on any atom is -0.345 e. The summed E-state index contributed by atoms with van der Waals surface area (Å²) in [5.41, 5.74) is 3.88. The van der Waals surface area contributed by atoms with E-state index in [0.717, 1.165) is 17.0 Å². The number of hydrogen-bond donors (Lipinski definition) is 2. The molecule has 2 N–H and O–H groups in total. The third kappa shape index (κ3) is 2.17. The molecule has 0 amide bonds. The van der Waals surface area contributed by atoms with E-state index in [2.05, 4.69) is 39.2 Å².